The molecule has 158 valence electrons. The van der Waals surface area contributed by atoms with E-state index in [1.165, 1.54) is 11.6 Å². The number of benzene rings is 3. The van der Waals surface area contributed by atoms with Crippen LogP contribution in [0.1, 0.15) is 28.3 Å². The zero-order valence-electron chi connectivity index (χ0n) is 17.8. The van der Waals surface area contributed by atoms with Gasteiger partial charge in [-0.2, -0.15) is 0 Å². The molecule has 5 heteroatoms. The van der Waals surface area contributed by atoms with E-state index in [0.717, 1.165) is 33.2 Å². The van der Waals surface area contributed by atoms with Gasteiger partial charge in [0, 0.05) is 13.0 Å². The molecule has 3 aromatic rings. The lowest BCUT2D eigenvalue weighted by Crippen LogP contribution is -2.43. The molecule has 0 aromatic heterocycles. The van der Waals surface area contributed by atoms with E-state index in [1.54, 1.807) is 0 Å². The van der Waals surface area contributed by atoms with E-state index in [1.807, 2.05) is 55.5 Å². The summed E-state index contributed by atoms with van der Waals surface area (Å²) in [4.78, 5) is 24.8. The minimum absolute atomic E-state index is 0.197. The quantitative estimate of drug-likeness (QED) is 0.601. The van der Waals surface area contributed by atoms with Crippen LogP contribution < -0.4 is 15.4 Å². The smallest absolute Gasteiger partial charge is 0.261 e. The zero-order chi connectivity index (χ0) is 22.0. The number of hydrogen-bond acceptors (Lipinski definition) is 3. The summed E-state index contributed by atoms with van der Waals surface area (Å²) in [6.07, 6.45) is 1.17. The van der Waals surface area contributed by atoms with Gasteiger partial charge in [0.1, 0.15) is 5.75 Å². The van der Waals surface area contributed by atoms with Crippen LogP contribution in [0, 0.1) is 13.8 Å². The molecule has 0 aliphatic carbocycles. The van der Waals surface area contributed by atoms with Gasteiger partial charge in [-0.05, 0) is 65.1 Å². The molecule has 3 aromatic carbocycles. The molecular formula is C26H26N2O3. The summed E-state index contributed by atoms with van der Waals surface area (Å²) in [5.74, 6) is 0.290. The van der Waals surface area contributed by atoms with Gasteiger partial charge < -0.3 is 15.4 Å². The van der Waals surface area contributed by atoms with Crippen molar-refractivity contribution in [3.8, 4) is 5.75 Å². The highest BCUT2D eigenvalue weighted by Gasteiger charge is 2.31. The van der Waals surface area contributed by atoms with E-state index in [2.05, 4.69) is 30.2 Å². The Morgan fingerprint density at radius 2 is 1.84 bits per heavy atom. The van der Waals surface area contributed by atoms with Crippen molar-refractivity contribution in [2.45, 2.75) is 32.4 Å². The first-order chi connectivity index (χ1) is 14.9. The molecule has 4 rings (SSSR count). The van der Waals surface area contributed by atoms with Crippen LogP contribution in [0.25, 0.3) is 10.8 Å². The topological polar surface area (TPSA) is 67.4 Å². The highest BCUT2D eigenvalue weighted by atomic mass is 16.5. The van der Waals surface area contributed by atoms with Crippen LogP contribution >= 0.6 is 0 Å². The Morgan fingerprint density at radius 3 is 2.61 bits per heavy atom. The monoisotopic (exact) mass is 414 g/mol. The normalized spacial score (nSPS) is 15.6. The fourth-order valence-corrected chi connectivity index (χ4v) is 3.88. The molecule has 0 fully saturated rings. The van der Waals surface area contributed by atoms with Gasteiger partial charge in [-0.3, -0.25) is 9.59 Å². The number of nitrogens with one attached hydrogen (secondary N) is 2. The number of carbonyl (C=O) groups is 2. The molecule has 31 heavy (non-hydrogen) atoms. The van der Waals surface area contributed by atoms with E-state index in [9.17, 15) is 9.59 Å². The number of aryl methyl sites for hydroxylation is 2. The average Bonchev–Trinajstić information content (AvgIpc) is 3.19. The van der Waals surface area contributed by atoms with Crippen molar-refractivity contribution in [2.75, 3.05) is 6.54 Å². The van der Waals surface area contributed by atoms with Gasteiger partial charge in [-0.25, -0.2) is 0 Å². The van der Waals surface area contributed by atoms with Gasteiger partial charge >= 0.3 is 0 Å². The standard InChI is InChI=1S/C26H26N2O3/c1-4-25(29)27-15-22(20-10-9-18-7-5-6-8-19(18)13-20)28-26(30)24-14-21-11-16(2)17(3)12-23(21)31-24/h4-13,22,24H,1,14-15H2,2-3H3,(H,27,29)(H,28,30). The lowest BCUT2D eigenvalue weighted by molar-refractivity contribution is -0.128. The highest BCUT2D eigenvalue weighted by Crippen LogP contribution is 2.32. The van der Waals surface area contributed by atoms with Crippen molar-refractivity contribution in [3.63, 3.8) is 0 Å². The Hall–Kier alpha value is -3.60. The number of amides is 2. The van der Waals surface area contributed by atoms with Gasteiger partial charge in [-0.1, -0.05) is 49.0 Å². The number of ether oxygens (including phenoxy) is 1. The zero-order valence-corrected chi connectivity index (χ0v) is 17.8. The molecule has 2 atom stereocenters. The number of rotatable bonds is 6. The summed E-state index contributed by atoms with van der Waals surface area (Å²) in [7, 11) is 0. The molecule has 0 saturated heterocycles. The SMILES string of the molecule is C=CC(=O)NCC(NC(=O)C1Cc2cc(C)c(C)cc2O1)c1ccc2ccccc2c1. The first kappa shape index (κ1) is 20.7. The highest BCUT2D eigenvalue weighted by molar-refractivity contribution is 5.87. The summed E-state index contributed by atoms with van der Waals surface area (Å²) in [5, 5.41) is 8.06. The van der Waals surface area contributed by atoms with Crippen LogP contribution in [0.3, 0.4) is 0 Å². The summed E-state index contributed by atoms with van der Waals surface area (Å²) in [6, 6.07) is 17.8. The maximum absolute atomic E-state index is 13.1. The Labute approximate surface area is 182 Å². The Morgan fingerprint density at radius 1 is 1.10 bits per heavy atom. The second-order valence-electron chi connectivity index (χ2n) is 7.97. The summed E-state index contributed by atoms with van der Waals surface area (Å²) in [6.45, 7) is 7.84. The van der Waals surface area contributed by atoms with Gasteiger partial charge in [0.25, 0.3) is 5.91 Å². The molecule has 2 N–H and O–H groups in total. The minimum atomic E-state index is -0.589. The maximum atomic E-state index is 13.1. The Bertz CT molecular complexity index is 1140. The van der Waals surface area contributed by atoms with Gasteiger partial charge in [-0.15, -0.1) is 0 Å². The van der Waals surface area contributed by atoms with Crippen LogP contribution in [0.5, 0.6) is 5.75 Å². The first-order valence-corrected chi connectivity index (χ1v) is 10.4. The molecule has 0 radical (unpaired) electrons. The molecule has 2 amide bonds. The van der Waals surface area contributed by atoms with Crippen LogP contribution in [0.15, 0.2) is 67.3 Å². The lowest BCUT2D eigenvalue weighted by Gasteiger charge is -2.22. The molecular weight excluding hydrogens is 388 g/mol. The average molecular weight is 415 g/mol. The van der Waals surface area contributed by atoms with Gasteiger partial charge in [0.05, 0.1) is 6.04 Å². The minimum Gasteiger partial charge on any atom is -0.480 e. The van der Waals surface area contributed by atoms with E-state index < -0.39 is 12.1 Å². The van der Waals surface area contributed by atoms with Crippen LogP contribution in [-0.4, -0.2) is 24.5 Å². The molecule has 0 bridgehead atoms. The van der Waals surface area contributed by atoms with E-state index in [0.29, 0.717) is 6.42 Å². The van der Waals surface area contributed by atoms with Gasteiger partial charge in [0.2, 0.25) is 5.91 Å². The predicted molar refractivity (Wildman–Crippen MR) is 122 cm³/mol. The van der Waals surface area contributed by atoms with Gasteiger partial charge in [0.15, 0.2) is 6.10 Å². The van der Waals surface area contributed by atoms with Crippen LogP contribution in [-0.2, 0) is 16.0 Å². The molecule has 0 saturated carbocycles. The third kappa shape index (κ3) is 4.45. The molecule has 1 aliphatic heterocycles. The predicted octanol–water partition coefficient (Wildman–Crippen LogP) is 3.92. The van der Waals surface area contributed by atoms with E-state index >= 15 is 0 Å². The second kappa shape index (κ2) is 8.64. The summed E-state index contributed by atoms with van der Waals surface area (Å²) in [5.41, 5.74) is 4.29. The lowest BCUT2D eigenvalue weighted by atomic mass is 10.0. The second-order valence-corrected chi connectivity index (χ2v) is 7.97. The van der Waals surface area contributed by atoms with Crippen LogP contribution in [0.2, 0.25) is 0 Å². The van der Waals surface area contributed by atoms with E-state index in [-0.39, 0.29) is 18.4 Å². The van der Waals surface area contributed by atoms with Crippen molar-refractivity contribution in [3.05, 3.63) is 89.5 Å². The Kier molecular flexibility index (Phi) is 5.76. The summed E-state index contributed by atoms with van der Waals surface area (Å²) >= 11 is 0. The molecule has 0 spiro atoms. The number of carbonyl (C=O) groups excluding carboxylic acids is 2. The van der Waals surface area contributed by atoms with E-state index in [4.69, 9.17) is 4.74 Å². The third-order valence-corrected chi connectivity index (χ3v) is 5.80. The van der Waals surface area contributed by atoms with Crippen molar-refractivity contribution < 1.29 is 14.3 Å². The van der Waals surface area contributed by atoms with Crippen molar-refractivity contribution in [1.29, 1.82) is 0 Å². The maximum Gasteiger partial charge on any atom is 0.261 e. The number of fused-ring (bicyclic) bond motifs is 2. The fourth-order valence-electron chi connectivity index (χ4n) is 3.88. The number of hydrogen-bond donors (Lipinski definition) is 2. The fraction of sp³-hybridized carbons (Fsp3) is 0.231. The van der Waals surface area contributed by atoms with Crippen molar-refractivity contribution in [2.24, 2.45) is 0 Å². The largest absolute Gasteiger partial charge is 0.480 e. The van der Waals surface area contributed by atoms with Crippen molar-refractivity contribution >= 4 is 22.6 Å². The third-order valence-electron chi connectivity index (χ3n) is 5.80. The molecule has 1 heterocycles. The molecule has 1 aliphatic rings. The first-order valence-electron chi connectivity index (χ1n) is 10.4. The summed E-state index contributed by atoms with van der Waals surface area (Å²) < 4.78 is 5.94. The molecule has 2 unspecified atom stereocenters. The molecule has 5 nitrogen and oxygen atoms in total. The van der Waals surface area contributed by atoms with Crippen LogP contribution in [0.4, 0.5) is 0 Å². The Balaban J connectivity index is 1.54. The van der Waals surface area contributed by atoms with Crippen molar-refractivity contribution in [1.82, 2.24) is 10.6 Å².